The van der Waals surface area contributed by atoms with E-state index in [9.17, 15) is 14.4 Å². The summed E-state index contributed by atoms with van der Waals surface area (Å²) in [4.78, 5) is 36.1. The monoisotopic (exact) mass is 289 g/mol. The Hall–Kier alpha value is -1.50. The van der Waals surface area contributed by atoms with Gasteiger partial charge in [0, 0.05) is 43.4 Å². The lowest BCUT2D eigenvalue weighted by Crippen LogP contribution is -2.34. The lowest BCUT2D eigenvalue weighted by Gasteiger charge is -2.31. The molecule has 0 aromatic heterocycles. The van der Waals surface area contributed by atoms with Gasteiger partial charge in [-0.05, 0) is 31.6 Å². The Kier molecular flexibility index (Phi) is 5.27. The molecule has 0 amide bonds. The maximum Gasteiger partial charge on any atom is 0.139 e. The summed E-state index contributed by atoms with van der Waals surface area (Å²) in [6, 6.07) is 2.03. The second-order valence-electron chi connectivity index (χ2n) is 6.51. The fourth-order valence-electron chi connectivity index (χ4n) is 3.97. The zero-order chi connectivity index (χ0) is 15.4. The quantitative estimate of drug-likeness (QED) is 0.705. The van der Waals surface area contributed by atoms with E-state index in [1.807, 2.05) is 13.0 Å². The Morgan fingerprint density at radius 3 is 2.81 bits per heavy atom. The third-order valence-corrected chi connectivity index (χ3v) is 5.10. The molecule has 0 radical (unpaired) electrons. The first kappa shape index (κ1) is 15.9. The summed E-state index contributed by atoms with van der Waals surface area (Å²) in [5.74, 6) is 0.882. The van der Waals surface area contributed by atoms with E-state index < -0.39 is 0 Å². The zero-order valence-electron chi connectivity index (χ0n) is 12.6. The molecule has 4 heteroatoms. The molecule has 2 unspecified atom stereocenters. The molecule has 0 N–H and O–H groups in total. The van der Waals surface area contributed by atoms with Crippen LogP contribution in [-0.4, -0.2) is 17.3 Å². The van der Waals surface area contributed by atoms with Crippen LogP contribution in [0.1, 0.15) is 58.3 Å². The van der Waals surface area contributed by atoms with Crippen LogP contribution in [0, 0.1) is 35.0 Å². The molecule has 0 aromatic carbocycles. The molecule has 0 aliphatic heterocycles. The Balaban J connectivity index is 1.89. The number of nitrogens with zero attached hydrogens (tertiary/aromatic N) is 1. The molecule has 4 nitrogen and oxygen atoms in total. The normalized spacial score (nSPS) is 31.8. The van der Waals surface area contributed by atoms with E-state index in [2.05, 4.69) is 0 Å². The molecular weight excluding hydrogens is 266 g/mol. The number of hydrogen-bond donors (Lipinski definition) is 0. The number of unbranched alkanes of at least 4 members (excludes halogenated alkanes) is 1. The van der Waals surface area contributed by atoms with Gasteiger partial charge in [-0.2, -0.15) is 5.26 Å². The van der Waals surface area contributed by atoms with Crippen molar-refractivity contribution in [3.63, 3.8) is 0 Å². The van der Waals surface area contributed by atoms with Crippen molar-refractivity contribution >= 4 is 17.3 Å². The number of nitriles is 1. The van der Waals surface area contributed by atoms with Crippen molar-refractivity contribution in [2.24, 2.45) is 23.7 Å². The first-order chi connectivity index (χ1) is 10.0. The average Bonchev–Trinajstić information content (AvgIpc) is 2.74. The number of carbonyl (C=O) groups is 3. The van der Waals surface area contributed by atoms with E-state index in [0.29, 0.717) is 50.7 Å². The molecule has 2 saturated carbocycles. The Morgan fingerprint density at radius 2 is 2.10 bits per heavy atom. The van der Waals surface area contributed by atoms with Crippen molar-refractivity contribution < 1.29 is 14.4 Å². The van der Waals surface area contributed by atoms with Crippen LogP contribution in [0.5, 0.6) is 0 Å². The minimum Gasteiger partial charge on any atom is -0.300 e. The third kappa shape index (κ3) is 3.58. The van der Waals surface area contributed by atoms with Crippen molar-refractivity contribution in [3.05, 3.63) is 0 Å². The fraction of sp³-hybridized carbons (Fsp3) is 0.765. The van der Waals surface area contributed by atoms with Gasteiger partial charge in [0.25, 0.3) is 0 Å². The van der Waals surface area contributed by atoms with Gasteiger partial charge < -0.3 is 0 Å². The van der Waals surface area contributed by atoms with E-state index in [-0.39, 0.29) is 35.2 Å². The Morgan fingerprint density at radius 1 is 1.33 bits per heavy atom. The van der Waals surface area contributed by atoms with Gasteiger partial charge in [0.15, 0.2) is 0 Å². The largest absolute Gasteiger partial charge is 0.300 e. The highest BCUT2D eigenvalue weighted by Crippen LogP contribution is 2.46. The van der Waals surface area contributed by atoms with Gasteiger partial charge in [-0.25, -0.2) is 0 Å². The predicted molar refractivity (Wildman–Crippen MR) is 77.2 cm³/mol. The van der Waals surface area contributed by atoms with Gasteiger partial charge in [-0.3, -0.25) is 14.4 Å². The van der Waals surface area contributed by atoms with E-state index >= 15 is 0 Å². The average molecular weight is 289 g/mol. The molecule has 4 atom stereocenters. The molecule has 21 heavy (non-hydrogen) atoms. The van der Waals surface area contributed by atoms with Crippen LogP contribution in [0.2, 0.25) is 0 Å². The summed E-state index contributed by atoms with van der Waals surface area (Å²) in [6.07, 6.45) is 4.45. The lowest BCUT2D eigenvalue weighted by atomic mass is 9.71. The topological polar surface area (TPSA) is 75.0 Å². The molecular formula is C17H23NO3. The summed E-state index contributed by atoms with van der Waals surface area (Å²) in [5.41, 5.74) is 0. The van der Waals surface area contributed by atoms with Gasteiger partial charge in [-0.1, -0.05) is 6.92 Å². The van der Waals surface area contributed by atoms with Crippen LogP contribution in [0.15, 0.2) is 0 Å². The van der Waals surface area contributed by atoms with E-state index in [0.717, 1.165) is 6.42 Å². The van der Waals surface area contributed by atoms with Crippen molar-refractivity contribution in [1.82, 2.24) is 0 Å². The third-order valence-electron chi connectivity index (χ3n) is 5.10. The van der Waals surface area contributed by atoms with E-state index in [4.69, 9.17) is 5.26 Å². The van der Waals surface area contributed by atoms with Crippen LogP contribution in [0.4, 0.5) is 0 Å². The second-order valence-corrected chi connectivity index (χ2v) is 6.51. The Bertz CT molecular complexity index is 477. The molecule has 2 aliphatic carbocycles. The van der Waals surface area contributed by atoms with Crippen molar-refractivity contribution in [1.29, 1.82) is 5.26 Å². The van der Waals surface area contributed by atoms with Gasteiger partial charge in [0.2, 0.25) is 0 Å². The number of rotatable bonds is 6. The van der Waals surface area contributed by atoms with Crippen LogP contribution in [-0.2, 0) is 14.4 Å². The number of fused-ring (bicyclic) bond motifs is 1. The SMILES string of the molecule is C[C@@H]1C[C@@H]2C(CCC(=O)CCCC#N)C(=O)CCC2C1=O. The summed E-state index contributed by atoms with van der Waals surface area (Å²) in [6.45, 7) is 1.95. The lowest BCUT2D eigenvalue weighted by molar-refractivity contribution is -0.131. The van der Waals surface area contributed by atoms with Crippen LogP contribution < -0.4 is 0 Å². The molecule has 114 valence electrons. The number of carbonyl (C=O) groups excluding carboxylic acids is 3. The maximum absolute atomic E-state index is 12.2. The molecule has 2 aliphatic rings. The minimum atomic E-state index is -0.0995. The highest BCUT2D eigenvalue weighted by atomic mass is 16.1. The zero-order valence-corrected chi connectivity index (χ0v) is 12.6. The molecule has 0 bridgehead atoms. The molecule has 2 fully saturated rings. The smallest absolute Gasteiger partial charge is 0.139 e. The molecule has 0 saturated heterocycles. The van der Waals surface area contributed by atoms with Gasteiger partial charge >= 0.3 is 0 Å². The number of hydrogen-bond acceptors (Lipinski definition) is 4. The number of ketones is 3. The minimum absolute atomic E-state index is 0.0522. The van der Waals surface area contributed by atoms with Crippen LogP contribution in [0.3, 0.4) is 0 Å². The number of Topliss-reactive ketones (excluding diaryl/α,β-unsaturated/α-hetero) is 3. The summed E-state index contributed by atoms with van der Waals surface area (Å²) in [7, 11) is 0. The first-order valence-corrected chi connectivity index (χ1v) is 7.99. The summed E-state index contributed by atoms with van der Waals surface area (Å²) >= 11 is 0. The molecule has 0 aromatic rings. The van der Waals surface area contributed by atoms with Gasteiger partial charge in [0.1, 0.15) is 17.3 Å². The second kappa shape index (κ2) is 6.98. The molecule has 0 spiro atoms. The summed E-state index contributed by atoms with van der Waals surface area (Å²) < 4.78 is 0. The first-order valence-electron chi connectivity index (χ1n) is 7.99. The highest BCUT2D eigenvalue weighted by molar-refractivity contribution is 5.91. The van der Waals surface area contributed by atoms with E-state index in [1.54, 1.807) is 0 Å². The van der Waals surface area contributed by atoms with Crippen molar-refractivity contribution in [2.45, 2.75) is 58.3 Å². The van der Waals surface area contributed by atoms with Crippen LogP contribution >= 0.6 is 0 Å². The fourth-order valence-corrected chi connectivity index (χ4v) is 3.97. The molecule has 2 rings (SSSR count). The predicted octanol–water partition coefficient (Wildman–Crippen LogP) is 2.85. The summed E-state index contributed by atoms with van der Waals surface area (Å²) in [5, 5.41) is 8.46. The van der Waals surface area contributed by atoms with Crippen LogP contribution in [0.25, 0.3) is 0 Å². The molecule has 0 heterocycles. The van der Waals surface area contributed by atoms with Crippen molar-refractivity contribution in [2.75, 3.05) is 0 Å². The van der Waals surface area contributed by atoms with Crippen molar-refractivity contribution in [3.8, 4) is 6.07 Å². The van der Waals surface area contributed by atoms with Gasteiger partial charge in [-0.15, -0.1) is 0 Å². The standard InChI is InChI=1S/C17H23NO3/c1-11-10-15-13(6-5-12(19)4-2-3-9-18)16(20)8-7-14(15)17(11)21/h11,13-15H,2-8,10H2,1H3/t11-,13?,14?,15-/m1/s1. The van der Waals surface area contributed by atoms with E-state index in [1.165, 1.54) is 0 Å². The highest BCUT2D eigenvalue weighted by Gasteiger charge is 2.47. The Labute approximate surface area is 125 Å². The maximum atomic E-state index is 12.2. The van der Waals surface area contributed by atoms with Gasteiger partial charge in [0.05, 0.1) is 6.07 Å².